The number of rotatable bonds is 4. The van der Waals surface area contributed by atoms with E-state index in [0.29, 0.717) is 18.6 Å². The summed E-state index contributed by atoms with van der Waals surface area (Å²) in [6, 6.07) is 5.20. The molecule has 0 bridgehead atoms. The van der Waals surface area contributed by atoms with Gasteiger partial charge in [0.15, 0.2) is 0 Å². The first kappa shape index (κ1) is 16.2. The van der Waals surface area contributed by atoms with Gasteiger partial charge in [-0.15, -0.1) is 0 Å². The number of carbonyl (C=O) groups excluding carboxylic acids is 1. The highest BCUT2D eigenvalue weighted by Crippen LogP contribution is 2.23. The second kappa shape index (κ2) is 7.30. The zero-order valence-electron chi connectivity index (χ0n) is 14.3. The van der Waals surface area contributed by atoms with Crippen LogP contribution in [0.25, 0.3) is 0 Å². The maximum absolute atomic E-state index is 12.9. The summed E-state index contributed by atoms with van der Waals surface area (Å²) < 4.78 is 0. The Morgan fingerprint density at radius 1 is 1.22 bits per heavy atom. The third-order valence-electron chi connectivity index (χ3n) is 5.11. The molecule has 2 saturated heterocycles. The second-order valence-corrected chi connectivity index (χ2v) is 6.97. The predicted octanol–water partition coefficient (Wildman–Crippen LogP) is 2.58. The lowest BCUT2D eigenvalue weighted by Gasteiger charge is -2.44. The molecule has 2 fully saturated rings. The van der Waals surface area contributed by atoms with E-state index in [0.717, 1.165) is 51.0 Å². The van der Waals surface area contributed by atoms with E-state index in [2.05, 4.69) is 28.6 Å². The monoisotopic (exact) mass is 316 g/mol. The third-order valence-corrected chi connectivity index (χ3v) is 5.11. The van der Waals surface area contributed by atoms with E-state index in [4.69, 9.17) is 0 Å². The van der Waals surface area contributed by atoms with Gasteiger partial charge in [0, 0.05) is 57.2 Å². The van der Waals surface area contributed by atoms with Crippen molar-refractivity contribution in [3.05, 3.63) is 30.1 Å². The third kappa shape index (κ3) is 3.83. The number of nitrogens with zero attached hydrogens (tertiary/aromatic N) is 4. The molecule has 2 aliphatic rings. The van der Waals surface area contributed by atoms with Gasteiger partial charge in [0.25, 0.3) is 0 Å². The molecule has 1 aromatic heterocycles. The molecular formula is C18H28N4O. The lowest BCUT2D eigenvalue weighted by molar-refractivity contribution is 0.0692. The molecular weight excluding hydrogens is 288 g/mol. The summed E-state index contributed by atoms with van der Waals surface area (Å²) in [6.45, 7) is 9.16. The van der Waals surface area contributed by atoms with Crippen LogP contribution >= 0.6 is 0 Å². The van der Waals surface area contributed by atoms with Crippen LogP contribution in [-0.2, 0) is 6.54 Å². The van der Waals surface area contributed by atoms with Crippen molar-refractivity contribution in [3.8, 4) is 0 Å². The Bertz CT molecular complexity index is 511. The maximum Gasteiger partial charge on any atom is 0.320 e. The summed E-state index contributed by atoms with van der Waals surface area (Å²) in [5.41, 5.74) is 1.11. The van der Waals surface area contributed by atoms with Crippen molar-refractivity contribution in [2.75, 3.05) is 26.2 Å². The molecule has 0 atom stereocenters. The summed E-state index contributed by atoms with van der Waals surface area (Å²) in [4.78, 5) is 23.6. The van der Waals surface area contributed by atoms with Crippen LogP contribution < -0.4 is 0 Å². The van der Waals surface area contributed by atoms with Crippen LogP contribution in [0, 0.1) is 0 Å². The van der Waals surface area contributed by atoms with Crippen LogP contribution in [0.4, 0.5) is 4.79 Å². The van der Waals surface area contributed by atoms with Gasteiger partial charge in [-0.2, -0.15) is 0 Å². The number of piperidine rings is 1. The molecule has 0 spiro atoms. The minimum absolute atomic E-state index is 0.211. The Morgan fingerprint density at radius 3 is 2.65 bits per heavy atom. The molecule has 0 aliphatic carbocycles. The van der Waals surface area contributed by atoms with Crippen molar-refractivity contribution in [2.24, 2.45) is 0 Å². The van der Waals surface area contributed by atoms with Crippen molar-refractivity contribution in [3.63, 3.8) is 0 Å². The van der Waals surface area contributed by atoms with Crippen molar-refractivity contribution >= 4 is 6.03 Å². The lowest BCUT2D eigenvalue weighted by Crippen LogP contribution is -2.55. The number of hydrogen-bond acceptors (Lipinski definition) is 3. The fraction of sp³-hybridized carbons (Fsp3) is 0.667. The van der Waals surface area contributed by atoms with Gasteiger partial charge in [-0.1, -0.05) is 6.07 Å². The SMILES string of the molecule is CC(C)N1CCC(N2CCCN(Cc3cccnc3)C2=O)CC1. The second-order valence-electron chi connectivity index (χ2n) is 6.97. The topological polar surface area (TPSA) is 39.7 Å². The zero-order chi connectivity index (χ0) is 16.2. The minimum Gasteiger partial charge on any atom is -0.321 e. The van der Waals surface area contributed by atoms with Gasteiger partial charge in [0.1, 0.15) is 0 Å². The average Bonchev–Trinajstić information content (AvgIpc) is 2.58. The van der Waals surface area contributed by atoms with Crippen LogP contribution in [0.15, 0.2) is 24.5 Å². The summed E-state index contributed by atoms with van der Waals surface area (Å²) in [5.74, 6) is 0. The van der Waals surface area contributed by atoms with E-state index >= 15 is 0 Å². The standard InChI is InChI=1S/C18H28N4O/c1-15(2)20-11-6-17(7-12-20)22-10-4-9-21(18(22)23)14-16-5-3-8-19-13-16/h3,5,8,13,15,17H,4,6-7,9-12,14H2,1-2H3. The van der Waals surface area contributed by atoms with Crippen LogP contribution in [0.3, 0.4) is 0 Å². The number of amides is 2. The molecule has 0 aromatic carbocycles. The lowest BCUT2D eigenvalue weighted by atomic mass is 10.0. The fourth-order valence-corrected chi connectivity index (χ4v) is 3.72. The summed E-state index contributed by atoms with van der Waals surface area (Å²) >= 11 is 0. The Morgan fingerprint density at radius 2 is 2.00 bits per heavy atom. The number of pyridine rings is 1. The quantitative estimate of drug-likeness (QED) is 0.857. The number of carbonyl (C=O) groups is 1. The highest BCUT2D eigenvalue weighted by molar-refractivity contribution is 5.75. The number of likely N-dealkylation sites (tertiary alicyclic amines) is 1. The highest BCUT2D eigenvalue weighted by atomic mass is 16.2. The summed E-state index contributed by atoms with van der Waals surface area (Å²) in [6.07, 6.45) is 6.90. The average molecular weight is 316 g/mol. The van der Waals surface area contributed by atoms with Gasteiger partial charge in [-0.05, 0) is 44.7 Å². The van der Waals surface area contributed by atoms with Crippen LogP contribution in [0.2, 0.25) is 0 Å². The molecule has 3 rings (SSSR count). The first-order valence-corrected chi connectivity index (χ1v) is 8.83. The number of hydrogen-bond donors (Lipinski definition) is 0. The van der Waals surface area contributed by atoms with Crippen LogP contribution in [0.5, 0.6) is 0 Å². The predicted molar refractivity (Wildman–Crippen MR) is 91.1 cm³/mol. The van der Waals surface area contributed by atoms with Gasteiger partial charge in [-0.25, -0.2) is 4.79 Å². The van der Waals surface area contributed by atoms with Crippen molar-refractivity contribution in [1.82, 2.24) is 19.7 Å². The highest BCUT2D eigenvalue weighted by Gasteiger charge is 2.33. The van der Waals surface area contributed by atoms with Gasteiger partial charge in [0.2, 0.25) is 0 Å². The summed E-state index contributed by atoms with van der Waals surface area (Å²) in [7, 11) is 0. The molecule has 23 heavy (non-hydrogen) atoms. The fourth-order valence-electron chi connectivity index (χ4n) is 3.72. The first-order chi connectivity index (χ1) is 11.1. The molecule has 2 amide bonds. The molecule has 0 saturated carbocycles. The van der Waals surface area contributed by atoms with E-state index in [9.17, 15) is 4.79 Å². The minimum atomic E-state index is 0.211. The normalized spacial score (nSPS) is 21.3. The van der Waals surface area contributed by atoms with Gasteiger partial charge in [-0.3, -0.25) is 4.98 Å². The number of urea groups is 1. The van der Waals surface area contributed by atoms with Crippen molar-refractivity contribution in [1.29, 1.82) is 0 Å². The molecule has 5 nitrogen and oxygen atoms in total. The van der Waals surface area contributed by atoms with E-state index in [1.54, 1.807) is 6.20 Å². The van der Waals surface area contributed by atoms with Gasteiger partial charge >= 0.3 is 6.03 Å². The molecule has 0 radical (unpaired) electrons. The Balaban J connectivity index is 1.59. The number of aromatic nitrogens is 1. The summed E-state index contributed by atoms with van der Waals surface area (Å²) in [5, 5.41) is 0. The molecule has 2 aliphatic heterocycles. The molecule has 0 N–H and O–H groups in total. The molecule has 126 valence electrons. The van der Waals surface area contributed by atoms with Crippen molar-refractivity contribution < 1.29 is 4.79 Å². The van der Waals surface area contributed by atoms with E-state index in [1.165, 1.54) is 0 Å². The van der Waals surface area contributed by atoms with Crippen molar-refractivity contribution in [2.45, 2.75) is 51.7 Å². The van der Waals surface area contributed by atoms with Crippen LogP contribution in [-0.4, -0.2) is 64.0 Å². The van der Waals surface area contributed by atoms with E-state index < -0.39 is 0 Å². The Kier molecular flexibility index (Phi) is 5.16. The van der Waals surface area contributed by atoms with Crippen LogP contribution in [0.1, 0.15) is 38.7 Å². The smallest absolute Gasteiger partial charge is 0.320 e. The largest absolute Gasteiger partial charge is 0.321 e. The van der Waals surface area contributed by atoms with Gasteiger partial charge in [0.05, 0.1) is 0 Å². The molecule has 5 heteroatoms. The molecule has 0 unspecified atom stereocenters. The van der Waals surface area contributed by atoms with E-state index in [1.807, 2.05) is 23.2 Å². The Hall–Kier alpha value is -1.62. The first-order valence-electron chi connectivity index (χ1n) is 8.83. The van der Waals surface area contributed by atoms with Gasteiger partial charge < -0.3 is 14.7 Å². The zero-order valence-corrected chi connectivity index (χ0v) is 14.3. The molecule has 3 heterocycles. The van der Waals surface area contributed by atoms with E-state index in [-0.39, 0.29) is 6.03 Å². The maximum atomic E-state index is 12.9. The molecule has 1 aromatic rings. The Labute approximate surface area is 139 Å².